The van der Waals surface area contributed by atoms with Crippen LogP contribution in [0, 0.1) is 0 Å². The quantitative estimate of drug-likeness (QED) is 0.487. The molecule has 0 aliphatic carbocycles. The average Bonchev–Trinajstić information content (AvgIpc) is 2.42. The Kier molecular flexibility index (Phi) is 4.27. The van der Waals surface area contributed by atoms with Crippen molar-refractivity contribution in [2.75, 3.05) is 6.79 Å². The fraction of sp³-hybridized carbons (Fsp3) is 0.143. The highest BCUT2D eigenvalue weighted by Gasteiger charge is 2.15. The van der Waals surface area contributed by atoms with E-state index in [1.807, 2.05) is 60.7 Å². The van der Waals surface area contributed by atoms with Crippen LogP contribution in [0.4, 0.5) is 0 Å². The van der Waals surface area contributed by atoms with E-state index in [9.17, 15) is 0 Å². The molecule has 2 rings (SSSR count). The van der Waals surface area contributed by atoms with Crippen molar-refractivity contribution in [2.24, 2.45) is 0 Å². The summed E-state index contributed by atoms with van der Waals surface area (Å²) in [6.07, 6.45) is -0.329. The summed E-state index contributed by atoms with van der Waals surface area (Å²) in [4.78, 5) is 9.87. The summed E-state index contributed by atoms with van der Waals surface area (Å²) in [6.45, 7) is -0.462. The predicted molar refractivity (Wildman–Crippen MR) is 64.0 cm³/mol. The van der Waals surface area contributed by atoms with Gasteiger partial charge in [-0.3, -0.25) is 0 Å². The molecule has 0 bridgehead atoms. The fourth-order valence-electron chi connectivity index (χ4n) is 1.66. The molecule has 17 heavy (non-hydrogen) atoms. The summed E-state index contributed by atoms with van der Waals surface area (Å²) >= 11 is 0. The Morgan fingerprint density at radius 3 is 1.71 bits per heavy atom. The molecule has 0 fully saturated rings. The SMILES string of the molecule is OCOOC(c1ccccc1)c1ccccc1. The number of hydrogen-bond donors (Lipinski definition) is 1. The Bertz CT molecular complexity index is 388. The average molecular weight is 230 g/mol. The van der Waals surface area contributed by atoms with Crippen LogP contribution < -0.4 is 0 Å². The zero-order valence-electron chi connectivity index (χ0n) is 9.32. The van der Waals surface area contributed by atoms with Gasteiger partial charge in [0.2, 0.25) is 0 Å². The molecule has 0 saturated heterocycles. The van der Waals surface area contributed by atoms with Gasteiger partial charge in [0.15, 0.2) is 6.79 Å². The van der Waals surface area contributed by atoms with Crippen molar-refractivity contribution < 1.29 is 14.9 Å². The molecule has 2 aromatic carbocycles. The lowest BCUT2D eigenvalue weighted by atomic mass is 10.0. The Hall–Kier alpha value is -1.68. The van der Waals surface area contributed by atoms with Crippen LogP contribution in [0.5, 0.6) is 0 Å². The Balaban J connectivity index is 2.26. The maximum Gasteiger partial charge on any atom is 0.178 e. The first-order chi connectivity index (χ1) is 8.42. The van der Waals surface area contributed by atoms with Crippen molar-refractivity contribution in [1.82, 2.24) is 0 Å². The van der Waals surface area contributed by atoms with Gasteiger partial charge < -0.3 is 5.11 Å². The number of rotatable bonds is 5. The predicted octanol–water partition coefficient (Wildman–Crippen LogP) is 2.67. The molecule has 0 aliphatic heterocycles. The highest BCUT2D eigenvalue weighted by atomic mass is 17.2. The van der Waals surface area contributed by atoms with Crippen molar-refractivity contribution in [2.45, 2.75) is 6.10 Å². The van der Waals surface area contributed by atoms with E-state index in [0.29, 0.717) is 0 Å². The standard InChI is InChI=1S/C14H14O3/c15-11-16-17-14(12-7-3-1-4-8-12)13-9-5-2-6-10-13/h1-10,14-15H,11H2. The van der Waals surface area contributed by atoms with Gasteiger partial charge in [-0.05, 0) is 11.1 Å². The van der Waals surface area contributed by atoms with Crippen molar-refractivity contribution in [3.63, 3.8) is 0 Å². The molecule has 0 aliphatic rings. The van der Waals surface area contributed by atoms with Gasteiger partial charge in [0.25, 0.3) is 0 Å². The molecular formula is C14H14O3. The molecule has 2 aromatic rings. The van der Waals surface area contributed by atoms with Gasteiger partial charge >= 0.3 is 0 Å². The van der Waals surface area contributed by atoms with Crippen molar-refractivity contribution in [1.29, 1.82) is 0 Å². The van der Waals surface area contributed by atoms with E-state index in [2.05, 4.69) is 4.89 Å². The minimum Gasteiger partial charge on any atom is -0.368 e. The van der Waals surface area contributed by atoms with Gasteiger partial charge in [-0.2, -0.15) is 0 Å². The van der Waals surface area contributed by atoms with E-state index in [4.69, 9.17) is 9.99 Å². The summed E-state index contributed by atoms with van der Waals surface area (Å²) < 4.78 is 0. The highest BCUT2D eigenvalue weighted by molar-refractivity contribution is 5.29. The molecule has 0 atom stereocenters. The van der Waals surface area contributed by atoms with Gasteiger partial charge in [0.1, 0.15) is 6.10 Å². The van der Waals surface area contributed by atoms with Crippen LogP contribution in [0.2, 0.25) is 0 Å². The lowest BCUT2D eigenvalue weighted by molar-refractivity contribution is -0.349. The highest BCUT2D eigenvalue weighted by Crippen LogP contribution is 2.25. The van der Waals surface area contributed by atoms with Crippen LogP contribution in [0.1, 0.15) is 17.2 Å². The maximum atomic E-state index is 8.66. The van der Waals surface area contributed by atoms with Crippen LogP contribution >= 0.6 is 0 Å². The van der Waals surface area contributed by atoms with Gasteiger partial charge in [-0.15, -0.1) is 0 Å². The minimum absolute atomic E-state index is 0.329. The Morgan fingerprint density at radius 2 is 1.29 bits per heavy atom. The summed E-state index contributed by atoms with van der Waals surface area (Å²) in [7, 11) is 0. The van der Waals surface area contributed by atoms with Crippen LogP contribution in [0.3, 0.4) is 0 Å². The monoisotopic (exact) mass is 230 g/mol. The lowest BCUT2D eigenvalue weighted by Crippen LogP contribution is -2.07. The Labute approximate surface area is 100 Å². The molecule has 0 radical (unpaired) electrons. The zero-order chi connectivity index (χ0) is 11.9. The lowest BCUT2D eigenvalue weighted by Gasteiger charge is -2.16. The van der Waals surface area contributed by atoms with Crippen LogP contribution in [0.25, 0.3) is 0 Å². The largest absolute Gasteiger partial charge is 0.368 e. The molecule has 0 aromatic heterocycles. The zero-order valence-corrected chi connectivity index (χ0v) is 9.32. The number of hydrogen-bond acceptors (Lipinski definition) is 3. The van der Waals surface area contributed by atoms with Crippen LogP contribution in [-0.2, 0) is 9.78 Å². The molecule has 0 saturated carbocycles. The van der Waals surface area contributed by atoms with Crippen molar-refractivity contribution in [3.8, 4) is 0 Å². The summed E-state index contributed by atoms with van der Waals surface area (Å²) in [5.74, 6) is 0. The molecule has 1 N–H and O–H groups in total. The number of aliphatic hydroxyl groups is 1. The van der Waals surface area contributed by atoms with E-state index in [-0.39, 0.29) is 6.10 Å². The van der Waals surface area contributed by atoms with E-state index >= 15 is 0 Å². The molecule has 3 nitrogen and oxygen atoms in total. The third kappa shape index (κ3) is 3.14. The minimum atomic E-state index is -0.462. The first-order valence-electron chi connectivity index (χ1n) is 5.41. The Morgan fingerprint density at radius 1 is 0.824 bits per heavy atom. The molecule has 3 heteroatoms. The second kappa shape index (κ2) is 6.15. The number of aliphatic hydroxyl groups excluding tert-OH is 1. The summed E-state index contributed by atoms with van der Waals surface area (Å²) in [5, 5.41) is 8.66. The fourth-order valence-corrected chi connectivity index (χ4v) is 1.66. The topological polar surface area (TPSA) is 38.7 Å². The maximum absolute atomic E-state index is 8.66. The van der Waals surface area contributed by atoms with Gasteiger partial charge in [-0.1, -0.05) is 60.7 Å². The van der Waals surface area contributed by atoms with Crippen molar-refractivity contribution >= 4 is 0 Å². The second-order valence-corrected chi connectivity index (χ2v) is 3.54. The summed E-state index contributed by atoms with van der Waals surface area (Å²) in [6, 6.07) is 19.5. The smallest absolute Gasteiger partial charge is 0.178 e. The molecule has 88 valence electrons. The van der Waals surface area contributed by atoms with Crippen molar-refractivity contribution in [3.05, 3.63) is 71.8 Å². The summed E-state index contributed by atoms with van der Waals surface area (Å²) in [5.41, 5.74) is 1.96. The van der Waals surface area contributed by atoms with Gasteiger partial charge in [0, 0.05) is 0 Å². The second-order valence-electron chi connectivity index (χ2n) is 3.54. The van der Waals surface area contributed by atoms with E-state index in [1.54, 1.807) is 0 Å². The van der Waals surface area contributed by atoms with E-state index < -0.39 is 6.79 Å². The van der Waals surface area contributed by atoms with Crippen LogP contribution in [-0.4, -0.2) is 11.9 Å². The third-order valence-corrected chi connectivity index (χ3v) is 2.42. The molecule has 0 spiro atoms. The third-order valence-electron chi connectivity index (χ3n) is 2.42. The number of benzene rings is 2. The molecule has 0 heterocycles. The van der Waals surface area contributed by atoms with Crippen LogP contribution in [0.15, 0.2) is 60.7 Å². The van der Waals surface area contributed by atoms with E-state index in [0.717, 1.165) is 11.1 Å². The van der Waals surface area contributed by atoms with Gasteiger partial charge in [-0.25, -0.2) is 9.78 Å². The molecule has 0 amide bonds. The van der Waals surface area contributed by atoms with Gasteiger partial charge in [0.05, 0.1) is 0 Å². The normalized spacial score (nSPS) is 10.7. The van der Waals surface area contributed by atoms with E-state index in [1.165, 1.54) is 0 Å². The molecular weight excluding hydrogens is 216 g/mol. The first-order valence-corrected chi connectivity index (χ1v) is 5.41. The molecule has 0 unspecified atom stereocenters. The first kappa shape index (κ1) is 11.8.